The highest BCUT2D eigenvalue weighted by atomic mass is 16.3. The fraction of sp³-hybridized carbons (Fsp3) is 0.167. The molecule has 0 heterocycles. The number of carbonyl (C=O) groups excluding carboxylic acids is 2. The van der Waals surface area contributed by atoms with Gasteiger partial charge in [-0.25, -0.2) is 0 Å². The summed E-state index contributed by atoms with van der Waals surface area (Å²) in [5.74, 6) is -1.42. The van der Waals surface area contributed by atoms with Crippen molar-refractivity contribution in [3.8, 4) is 6.07 Å². The molecule has 0 aliphatic rings. The molecule has 2 rings (SSSR count). The zero-order chi connectivity index (χ0) is 17.5. The largest absolute Gasteiger partial charge is 0.378 e. The third kappa shape index (κ3) is 4.41. The van der Waals surface area contributed by atoms with E-state index < -0.39 is 24.0 Å². The van der Waals surface area contributed by atoms with E-state index in [1.165, 1.54) is 0 Å². The third-order valence-electron chi connectivity index (χ3n) is 3.52. The third-order valence-corrected chi connectivity index (χ3v) is 3.52. The van der Waals surface area contributed by atoms with Gasteiger partial charge in [-0.1, -0.05) is 42.5 Å². The van der Waals surface area contributed by atoms with E-state index >= 15 is 0 Å². The van der Waals surface area contributed by atoms with Gasteiger partial charge in [0.15, 0.2) is 6.10 Å². The molecular weight excluding hydrogens is 306 g/mol. The van der Waals surface area contributed by atoms with Gasteiger partial charge in [-0.15, -0.1) is 0 Å². The van der Waals surface area contributed by atoms with Gasteiger partial charge in [-0.05, 0) is 23.3 Å². The van der Waals surface area contributed by atoms with Gasteiger partial charge >= 0.3 is 0 Å². The number of primary amides is 1. The maximum absolute atomic E-state index is 12.2. The highest BCUT2D eigenvalue weighted by Crippen LogP contribution is 2.13. The van der Waals surface area contributed by atoms with Crippen LogP contribution < -0.4 is 11.1 Å². The van der Waals surface area contributed by atoms with Crippen LogP contribution in [-0.2, 0) is 16.0 Å². The van der Waals surface area contributed by atoms with E-state index in [0.717, 1.165) is 0 Å². The van der Waals surface area contributed by atoms with Crippen molar-refractivity contribution in [3.63, 3.8) is 0 Å². The zero-order valence-corrected chi connectivity index (χ0v) is 12.8. The van der Waals surface area contributed by atoms with E-state index in [2.05, 4.69) is 5.32 Å². The number of rotatable bonds is 6. The first-order valence-electron chi connectivity index (χ1n) is 7.33. The molecular formula is C18H17N3O3. The molecule has 0 saturated heterocycles. The van der Waals surface area contributed by atoms with Crippen molar-refractivity contribution < 1.29 is 14.7 Å². The first kappa shape index (κ1) is 17.2. The Bertz CT molecular complexity index is 769. The lowest BCUT2D eigenvalue weighted by molar-refractivity contribution is -0.133. The highest BCUT2D eigenvalue weighted by molar-refractivity contribution is 5.89. The predicted molar refractivity (Wildman–Crippen MR) is 87.4 cm³/mol. The summed E-state index contributed by atoms with van der Waals surface area (Å²) in [6.45, 7) is 0. The predicted octanol–water partition coefficient (Wildman–Crippen LogP) is 0.804. The second-order valence-electron chi connectivity index (χ2n) is 5.29. The Hall–Kier alpha value is -3.17. The molecule has 0 fully saturated rings. The van der Waals surface area contributed by atoms with Crippen LogP contribution >= 0.6 is 0 Å². The normalized spacial score (nSPS) is 12.7. The lowest BCUT2D eigenvalue weighted by Gasteiger charge is -2.18. The van der Waals surface area contributed by atoms with Crippen LogP contribution in [0.3, 0.4) is 0 Å². The molecule has 0 spiro atoms. The van der Waals surface area contributed by atoms with Gasteiger partial charge in [-0.2, -0.15) is 5.26 Å². The molecule has 0 bridgehead atoms. The summed E-state index contributed by atoms with van der Waals surface area (Å²) in [6, 6.07) is 16.1. The topological polar surface area (TPSA) is 116 Å². The summed E-state index contributed by atoms with van der Waals surface area (Å²) < 4.78 is 0. The maximum atomic E-state index is 12.2. The second kappa shape index (κ2) is 7.90. The number of aliphatic hydroxyl groups is 1. The number of hydrogen-bond acceptors (Lipinski definition) is 4. The quantitative estimate of drug-likeness (QED) is 0.729. The van der Waals surface area contributed by atoms with E-state index in [4.69, 9.17) is 11.0 Å². The number of nitrogens with zero attached hydrogens (tertiary/aromatic N) is 1. The molecule has 0 aromatic heterocycles. The molecule has 6 heteroatoms. The summed E-state index contributed by atoms with van der Waals surface area (Å²) in [6.07, 6.45) is -1.25. The fourth-order valence-corrected chi connectivity index (χ4v) is 2.26. The Morgan fingerprint density at radius 1 is 1.17 bits per heavy atom. The first-order chi connectivity index (χ1) is 11.5. The number of amides is 2. The second-order valence-corrected chi connectivity index (χ2v) is 5.29. The summed E-state index contributed by atoms with van der Waals surface area (Å²) >= 11 is 0. The fourth-order valence-electron chi connectivity index (χ4n) is 2.26. The molecule has 4 N–H and O–H groups in total. The molecule has 6 nitrogen and oxygen atoms in total. The number of hydrogen-bond donors (Lipinski definition) is 3. The molecule has 2 amide bonds. The summed E-state index contributed by atoms with van der Waals surface area (Å²) in [4.78, 5) is 23.8. The molecule has 122 valence electrons. The van der Waals surface area contributed by atoms with Crippen molar-refractivity contribution in [2.75, 3.05) is 0 Å². The number of nitrogens with one attached hydrogen (secondary N) is 1. The van der Waals surface area contributed by atoms with Crippen LogP contribution in [0.1, 0.15) is 22.8 Å². The number of aliphatic hydroxyl groups excluding tert-OH is 1. The van der Waals surface area contributed by atoms with Crippen LogP contribution in [0, 0.1) is 11.3 Å². The molecule has 2 aromatic rings. The summed E-state index contributed by atoms with van der Waals surface area (Å²) in [7, 11) is 0. The van der Waals surface area contributed by atoms with Crippen molar-refractivity contribution in [1.29, 1.82) is 5.26 Å². The lowest BCUT2D eigenvalue weighted by Crippen LogP contribution is -2.47. The number of nitriles is 1. The number of carbonyl (C=O) groups is 2. The molecule has 0 aliphatic heterocycles. The monoisotopic (exact) mass is 323 g/mol. The van der Waals surface area contributed by atoms with E-state index in [9.17, 15) is 14.7 Å². The van der Waals surface area contributed by atoms with Gasteiger partial charge in [0, 0.05) is 6.42 Å². The first-order valence-corrected chi connectivity index (χ1v) is 7.33. The molecule has 2 atom stereocenters. The molecule has 0 unspecified atom stereocenters. The van der Waals surface area contributed by atoms with Crippen molar-refractivity contribution in [3.05, 3.63) is 71.3 Å². The van der Waals surface area contributed by atoms with Crippen molar-refractivity contribution >= 4 is 11.8 Å². The lowest BCUT2D eigenvalue weighted by atomic mass is 10.0. The van der Waals surface area contributed by atoms with Crippen LogP contribution in [0.25, 0.3) is 0 Å². The molecule has 24 heavy (non-hydrogen) atoms. The van der Waals surface area contributed by atoms with Gasteiger partial charge in [0.05, 0.1) is 11.6 Å². The van der Waals surface area contributed by atoms with Crippen molar-refractivity contribution in [1.82, 2.24) is 5.32 Å². The maximum Gasteiger partial charge on any atom is 0.254 e. The van der Waals surface area contributed by atoms with Crippen LogP contribution in [0.15, 0.2) is 54.6 Å². The standard InChI is InChI=1S/C18H17N3O3/c19-11-13-6-4-5-12(9-13)10-15(17(20)23)21-18(24)16(22)14-7-2-1-3-8-14/h1-9,15-16,22H,10H2,(H2,20,23)(H,21,24)/t15-,16+/m1/s1. The highest BCUT2D eigenvalue weighted by Gasteiger charge is 2.24. The minimum Gasteiger partial charge on any atom is -0.378 e. The zero-order valence-electron chi connectivity index (χ0n) is 12.8. The van der Waals surface area contributed by atoms with E-state index in [1.807, 2.05) is 6.07 Å². The van der Waals surface area contributed by atoms with Crippen molar-refractivity contribution in [2.45, 2.75) is 18.6 Å². The Labute approximate surface area is 139 Å². The minimum absolute atomic E-state index is 0.137. The smallest absolute Gasteiger partial charge is 0.254 e. The number of benzene rings is 2. The minimum atomic E-state index is -1.39. The molecule has 2 aromatic carbocycles. The Morgan fingerprint density at radius 3 is 2.50 bits per heavy atom. The van der Waals surface area contributed by atoms with Crippen LogP contribution in [0.5, 0.6) is 0 Å². The SMILES string of the molecule is N#Cc1cccc(C[C@@H](NC(=O)[C@@H](O)c2ccccc2)C(N)=O)c1. The van der Waals surface area contributed by atoms with Gasteiger partial charge in [0.25, 0.3) is 5.91 Å². The van der Waals surface area contributed by atoms with Gasteiger partial charge in [0.2, 0.25) is 5.91 Å². The van der Waals surface area contributed by atoms with Gasteiger partial charge in [0.1, 0.15) is 6.04 Å². The van der Waals surface area contributed by atoms with Gasteiger partial charge < -0.3 is 16.2 Å². The summed E-state index contributed by atoms with van der Waals surface area (Å²) in [5.41, 5.74) is 6.90. The average Bonchev–Trinajstić information content (AvgIpc) is 2.61. The van der Waals surface area contributed by atoms with E-state index in [-0.39, 0.29) is 6.42 Å². The average molecular weight is 323 g/mol. The van der Waals surface area contributed by atoms with Crippen LogP contribution in [0.2, 0.25) is 0 Å². The number of nitrogens with two attached hydrogens (primary N) is 1. The Balaban J connectivity index is 2.09. The Morgan fingerprint density at radius 2 is 1.88 bits per heavy atom. The molecule has 0 radical (unpaired) electrons. The summed E-state index contributed by atoms with van der Waals surface area (Å²) in [5, 5.41) is 21.4. The van der Waals surface area contributed by atoms with E-state index in [0.29, 0.717) is 16.7 Å². The molecule has 0 saturated carbocycles. The molecule has 0 aliphatic carbocycles. The Kier molecular flexibility index (Phi) is 5.66. The van der Waals surface area contributed by atoms with Gasteiger partial charge in [-0.3, -0.25) is 9.59 Å². The van der Waals surface area contributed by atoms with Crippen LogP contribution in [0.4, 0.5) is 0 Å². The van der Waals surface area contributed by atoms with Crippen molar-refractivity contribution in [2.24, 2.45) is 5.73 Å². The van der Waals surface area contributed by atoms with Crippen LogP contribution in [-0.4, -0.2) is 23.0 Å². The van der Waals surface area contributed by atoms with E-state index in [1.54, 1.807) is 54.6 Å².